The fourth-order valence-corrected chi connectivity index (χ4v) is 2.57. The number of ether oxygens (including phenoxy) is 3. The lowest BCUT2D eigenvalue weighted by Gasteiger charge is -2.14. The quantitative estimate of drug-likeness (QED) is 0.659. The predicted octanol–water partition coefficient (Wildman–Crippen LogP) is 1.79. The van der Waals surface area contributed by atoms with Crippen molar-refractivity contribution < 1.29 is 19.0 Å². The molecule has 0 saturated carbocycles. The summed E-state index contributed by atoms with van der Waals surface area (Å²) in [7, 11) is 4.62. The second kappa shape index (κ2) is 6.65. The van der Waals surface area contributed by atoms with E-state index in [1.807, 2.05) is 6.92 Å². The molecule has 0 unspecified atom stereocenters. The maximum Gasteiger partial charge on any atom is 0.276 e. The average Bonchev–Trinajstić information content (AvgIpc) is 2.80. The van der Waals surface area contributed by atoms with E-state index >= 15 is 0 Å². The van der Waals surface area contributed by atoms with Gasteiger partial charge in [0.1, 0.15) is 5.70 Å². The van der Waals surface area contributed by atoms with Crippen LogP contribution in [0.15, 0.2) is 17.8 Å². The number of carbonyl (C=O) groups is 1. The zero-order valence-electron chi connectivity index (χ0n) is 12.9. The third kappa shape index (κ3) is 2.71. The van der Waals surface area contributed by atoms with Gasteiger partial charge in [0.05, 0.1) is 21.3 Å². The van der Waals surface area contributed by atoms with Crippen molar-refractivity contribution in [2.45, 2.75) is 6.92 Å². The summed E-state index contributed by atoms with van der Waals surface area (Å²) < 4.78 is 16.0. The summed E-state index contributed by atoms with van der Waals surface area (Å²) in [4.78, 5) is 13.7. The van der Waals surface area contributed by atoms with Gasteiger partial charge in [0.2, 0.25) is 5.75 Å². The molecule has 1 amide bonds. The number of benzene rings is 1. The van der Waals surface area contributed by atoms with Crippen LogP contribution in [0.3, 0.4) is 0 Å². The summed E-state index contributed by atoms with van der Waals surface area (Å²) in [5.41, 5.74) is 1.09. The molecule has 1 N–H and O–H groups in total. The van der Waals surface area contributed by atoms with Gasteiger partial charge in [0.25, 0.3) is 5.91 Å². The second-order valence-corrected chi connectivity index (χ2v) is 4.85. The Hall–Kier alpha value is -2.28. The predicted molar refractivity (Wildman–Crippen MR) is 87.2 cm³/mol. The molecule has 1 saturated heterocycles. The van der Waals surface area contributed by atoms with Gasteiger partial charge in [-0.3, -0.25) is 9.69 Å². The first-order valence-electron chi connectivity index (χ1n) is 6.70. The molecule has 1 aromatic carbocycles. The van der Waals surface area contributed by atoms with Gasteiger partial charge < -0.3 is 19.5 Å². The minimum Gasteiger partial charge on any atom is -0.493 e. The maximum atomic E-state index is 12.2. The Kier molecular flexibility index (Phi) is 4.87. The molecular weight excluding hydrogens is 304 g/mol. The molecule has 0 bridgehead atoms. The molecule has 1 heterocycles. The SMILES string of the molecule is CCN1C(=O)/C(=C\c2ccc(OC)c(OC)c2OC)NC1=S. The molecule has 7 heteroatoms. The third-order valence-corrected chi connectivity index (χ3v) is 3.64. The van der Waals surface area contributed by atoms with Crippen molar-refractivity contribution in [1.29, 1.82) is 0 Å². The van der Waals surface area contributed by atoms with Crippen molar-refractivity contribution in [3.05, 3.63) is 23.4 Å². The number of hydrogen-bond acceptors (Lipinski definition) is 5. The number of thiocarbonyl (C=S) groups is 1. The van der Waals surface area contributed by atoms with Crippen LogP contribution in [0.25, 0.3) is 6.08 Å². The Morgan fingerprint density at radius 3 is 2.36 bits per heavy atom. The van der Waals surface area contributed by atoms with Crippen molar-refractivity contribution >= 4 is 29.3 Å². The van der Waals surface area contributed by atoms with E-state index in [-0.39, 0.29) is 5.91 Å². The number of amides is 1. The Balaban J connectivity index is 2.48. The number of methoxy groups -OCH3 is 3. The van der Waals surface area contributed by atoms with E-state index in [1.54, 1.807) is 25.3 Å². The van der Waals surface area contributed by atoms with E-state index < -0.39 is 0 Å². The fraction of sp³-hybridized carbons (Fsp3) is 0.333. The average molecular weight is 322 g/mol. The lowest BCUT2D eigenvalue weighted by molar-refractivity contribution is -0.122. The fourth-order valence-electron chi connectivity index (χ4n) is 2.25. The Morgan fingerprint density at radius 1 is 1.18 bits per heavy atom. The molecule has 1 aromatic rings. The first-order chi connectivity index (χ1) is 10.6. The number of rotatable bonds is 5. The number of nitrogens with zero attached hydrogens (tertiary/aromatic N) is 1. The highest BCUT2D eigenvalue weighted by Gasteiger charge is 2.29. The minimum absolute atomic E-state index is 0.163. The molecule has 0 radical (unpaired) electrons. The van der Waals surface area contributed by atoms with Crippen LogP contribution >= 0.6 is 12.2 Å². The minimum atomic E-state index is -0.163. The van der Waals surface area contributed by atoms with E-state index in [0.717, 1.165) is 0 Å². The Morgan fingerprint density at radius 2 is 1.86 bits per heavy atom. The highest BCUT2D eigenvalue weighted by Crippen LogP contribution is 2.40. The molecule has 118 valence electrons. The molecule has 2 rings (SSSR count). The van der Waals surface area contributed by atoms with Crippen LogP contribution in [0, 0.1) is 0 Å². The van der Waals surface area contributed by atoms with Crippen LogP contribution in [0.4, 0.5) is 0 Å². The molecule has 0 aromatic heterocycles. The number of likely N-dealkylation sites (N-methyl/N-ethyl adjacent to an activating group) is 1. The normalized spacial score (nSPS) is 16.0. The van der Waals surface area contributed by atoms with Gasteiger partial charge in [-0.1, -0.05) is 0 Å². The smallest absolute Gasteiger partial charge is 0.276 e. The summed E-state index contributed by atoms with van der Waals surface area (Å²) in [6.07, 6.45) is 1.69. The summed E-state index contributed by atoms with van der Waals surface area (Å²) in [5, 5.41) is 3.31. The Labute approximate surface area is 134 Å². The Bertz CT molecular complexity index is 643. The monoisotopic (exact) mass is 322 g/mol. The number of carbonyl (C=O) groups excluding carboxylic acids is 1. The van der Waals surface area contributed by atoms with Crippen molar-refractivity contribution in [1.82, 2.24) is 10.2 Å². The molecule has 0 spiro atoms. The van der Waals surface area contributed by atoms with E-state index in [9.17, 15) is 4.79 Å². The first-order valence-corrected chi connectivity index (χ1v) is 7.11. The molecule has 1 aliphatic rings. The van der Waals surface area contributed by atoms with Gasteiger partial charge >= 0.3 is 0 Å². The van der Waals surface area contributed by atoms with Crippen LogP contribution < -0.4 is 19.5 Å². The van der Waals surface area contributed by atoms with Crippen molar-refractivity contribution in [2.75, 3.05) is 27.9 Å². The first kappa shape index (κ1) is 16.1. The largest absolute Gasteiger partial charge is 0.493 e. The highest BCUT2D eigenvalue weighted by atomic mass is 32.1. The van der Waals surface area contributed by atoms with Crippen LogP contribution in [0.2, 0.25) is 0 Å². The summed E-state index contributed by atoms with van der Waals surface area (Å²) >= 11 is 5.14. The molecule has 6 nitrogen and oxygen atoms in total. The van der Waals surface area contributed by atoms with E-state index in [1.165, 1.54) is 19.1 Å². The van der Waals surface area contributed by atoms with Gasteiger partial charge in [-0.15, -0.1) is 0 Å². The zero-order chi connectivity index (χ0) is 16.3. The van der Waals surface area contributed by atoms with Crippen molar-refractivity contribution in [2.24, 2.45) is 0 Å². The molecule has 22 heavy (non-hydrogen) atoms. The molecule has 0 aliphatic carbocycles. The van der Waals surface area contributed by atoms with Crippen LogP contribution in [-0.4, -0.2) is 43.8 Å². The van der Waals surface area contributed by atoms with Gasteiger partial charge in [-0.05, 0) is 37.4 Å². The molecular formula is C15H18N2O4S. The van der Waals surface area contributed by atoms with Gasteiger partial charge in [-0.2, -0.15) is 0 Å². The van der Waals surface area contributed by atoms with E-state index in [4.69, 9.17) is 26.4 Å². The molecule has 0 atom stereocenters. The third-order valence-electron chi connectivity index (χ3n) is 3.31. The van der Waals surface area contributed by atoms with Crippen LogP contribution in [-0.2, 0) is 4.79 Å². The lowest BCUT2D eigenvalue weighted by Crippen LogP contribution is -2.30. The van der Waals surface area contributed by atoms with Gasteiger partial charge in [0, 0.05) is 12.1 Å². The zero-order valence-corrected chi connectivity index (χ0v) is 13.7. The van der Waals surface area contributed by atoms with Crippen LogP contribution in [0.1, 0.15) is 12.5 Å². The van der Waals surface area contributed by atoms with Gasteiger partial charge in [-0.25, -0.2) is 0 Å². The topological polar surface area (TPSA) is 60.0 Å². The number of hydrogen-bond donors (Lipinski definition) is 1. The van der Waals surface area contributed by atoms with E-state index in [0.29, 0.717) is 40.2 Å². The second-order valence-electron chi connectivity index (χ2n) is 4.46. The standard InChI is InChI=1S/C15H18N2O4S/c1-5-17-14(18)10(16-15(17)22)8-9-6-7-11(19-2)13(21-4)12(9)20-3/h6-8H,5H2,1-4H3,(H,16,22)/b10-8+. The summed E-state index contributed by atoms with van der Waals surface area (Å²) in [5.74, 6) is 1.35. The summed E-state index contributed by atoms with van der Waals surface area (Å²) in [6.45, 7) is 2.39. The lowest BCUT2D eigenvalue weighted by atomic mass is 10.1. The van der Waals surface area contributed by atoms with Crippen molar-refractivity contribution in [3.63, 3.8) is 0 Å². The number of nitrogens with one attached hydrogen (secondary N) is 1. The molecule has 1 fully saturated rings. The maximum absolute atomic E-state index is 12.2. The molecule has 1 aliphatic heterocycles. The van der Waals surface area contributed by atoms with Crippen molar-refractivity contribution in [3.8, 4) is 17.2 Å². The van der Waals surface area contributed by atoms with E-state index in [2.05, 4.69) is 5.32 Å². The van der Waals surface area contributed by atoms with Gasteiger partial charge in [0.15, 0.2) is 16.6 Å². The highest BCUT2D eigenvalue weighted by molar-refractivity contribution is 7.80. The summed E-state index contributed by atoms with van der Waals surface area (Å²) in [6, 6.07) is 3.54. The van der Waals surface area contributed by atoms with Crippen LogP contribution in [0.5, 0.6) is 17.2 Å².